The topological polar surface area (TPSA) is 99.9 Å². The van der Waals surface area contributed by atoms with Crippen molar-refractivity contribution in [3.05, 3.63) is 32.7 Å². The number of rotatable bonds is 3. The molecule has 108 valence electrons. The summed E-state index contributed by atoms with van der Waals surface area (Å²) in [6.07, 6.45) is 1.02. The van der Waals surface area contributed by atoms with Gasteiger partial charge in [-0.3, -0.25) is 4.79 Å². The van der Waals surface area contributed by atoms with Crippen molar-refractivity contribution in [3.8, 4) is 0 Å². The predicted molar refractivity (Wildman–Crippen MR) is 79.9 cm³/mol. The summed E-state index contributed by atoms with van der Waals surface area (Å²) in [5, 5.41) is 0. The third kappa shape index (κ3) is 2.33. The fourth-order valence-corrected chi connectivity index (χ4v) is 2.69. The number of Topliss-reactive ketones (excluding diaryl/α,β-unsaturated/α-hetero) is 1. The second kappa shape index (κ2) is 4.56. The molecule has 1 aromatic heterocycles. The molecule has 0 aliphatic carbocycles. The molecule has 20 heavy (non-hydrogen) atoms. The Morgan fingerprint density at radius 3 is 2.20 bits per heavy atom. The van der Waals surface area contributed by atoms with Crippen LogP contribution in [0.15, 0.2) is 21.4 Å². The number of sulfone groups is 1. The summed E-state index contributed by atoms with van der Waals surface area (Å²) in [5.41, 5.74) is 0.809. The highest BCUT2D eigenvalue weighted by Crippen LogP contribution is 2.28. The van der Waals surface area contributed by atoms with Crippen molar-refractivity contribution in [2.24, 2.45) is 0 Å². The molecular formula is C12H13BrN2O4S. The number of aromatic nitrogens is 2. The Bertz CT molecular complexity index is 861. The zero-order valence-electron chi connectivity index (χ0n) is 11.1. The van der Waals surface area contributed by atoms with E-state index in [9.17, 15) is 18.0 Å². The molecule has 0 radical (unpaired) electrons. The maximum absolute atomic E-state index is 12.5. The Labute approximate surface area is 123 Å². The van der Waals surface area contributed by atoms with Crippen LogP contribution >= 0.6 is 15.9 Å². The van der Waals surface area contributed by atoms with Crippen molar-refractivity contribution in [2.45, 2.75) is 18.6 Å². The van der Waals surface area contributed by atoms with Crippen LogP contribution in [0.5, 0.6) is 0 Å². The minimum Gasteiger partial charge on any atom is -0.306 e. The van der Waals surface area contributed by atoms with Gasteiger partial charge in [0.15, 0.2) is 15.6 Å². The molecule has 0 unspecified atom stereocenters. The number of nitrogens with one attached hydrogen (secondary N) is 2. The molecule has 0 atom stereocenters. The van der Waals surface area contributed by atoms with Crippen molar-refractivity contribution in [1.29, 1.82) is 0 Å². The van der Waals surface area contributed by atoms with Gasteiger partial charge in [-0.15, -0.1) is 0 Å². The number of carbonyl (C=O) groups is 1. The van der Waals surface area contributed by atoms with E-state index in [1.807, 2.05) is 0 Å². The third-order valence-corrected chi connectivity index (χ3v) is 6.02. The highest BCUT2D eigenvalue weighted by atomic mass is 79.9. The van der Waals surface area contributed by atoms with Crippen molar-refractivity contribution < 1.29 is 13.2 Å². The molecule has 2 aromatic rings. The zero-order chi connectivity index (χ0) is 15.3. The fourth-order valence-electron chi connectivity index (χ4n) is 1.72. The minimum atomic E-state index is -3.56. The normalized spacial score (nSPS) is 12.8. The van der Waals surface area contributed by atoms with E-state index in [4.69, 9.17) is 0 Å². The SMILES string of the molecule is CC(C)(C(=O)c1cc2[nH]c(=O)[nH]c2cc1Br)S(C)(=O)=O. The Morgan fingerprint density at radius 2 is 1.70 bits per heavy atom. The summed E-state index contributed by atoms with van der Waals surface area (Å²) in [5.74, 6) is -0.532. The number of carbonyl (C=O) groups excluding carboxylic acids is 1. The first-order valence-electron chi connectivity index (χ1n) is 5.70. The first kappa shape index (κ1) is 15.0. The molecule has 1 heterocycles. The number of benzene rings is 1. The fraction of sp³-hybridized carbons (Fsp3) is 0.333. The molecule has 0 fully saturated rings. The van der Waals surface area contributed by atoms with Crippen molar-refractivity contribution in [1.82, 2.24) is 9.97 Å². The molecule has 0 saturated carbocycles. The number of hydrogen-bond donors (Lipinski definition) is 2. The van der Waals surface area contributed by atoms with Gasteiger partial charge in [0.25, 0.3) is 0 Å². The van der Waals surface area contributed by atoms with Gasteiger partial charge >= 0.3 is 5.69 Å². The lowest BCUT2D eigenvalue weighted by Gasteiger charge is -2.21. The second-order valence-corrected chi connectivity index (χ2v) is 8.49. The van der Waals surface area contributed by atoms with E-state index in [-0.39, 0.29) is 11.3 Å². The first-order chi connectivity index (χ1) is 9.04. The maximum Gasteiger partial charge on any atom is 0.323 e. The Kier molecular flexibility index (Phi) is 3.42. The van der Waals surface area contributed by atoms with Gasteiger partial charge in [0, 0.05) is 16.3 Å². The summed E-state index contributed by atoms with van der Waals surface area (Å²) >= 11 is 3.23. The number of ketones is 1. The number of H-pyrrole nitrogens is 2. The largest absolute Gasteiger partial charge is 0.323 e. The number of hydrogen-bond acceptors (Lipinski definition) is 4. The maximum atomic E-state index is 12.5. The van der Waals surface area contributed by atoms with E-state index in [1.54, 1.807) is 6.07 Å². The molecule has 0 spiro atoms. The van der Waals surface area contributed by atoms with Gasteiger partial charge in [-0.05, 0) is 41.9 Å². The number of imidazole rings is 1. The van der Waals surface area contributed by atoms with E-state index in [0.29, 0.717) is 15.5 Å². The summed E-state index contributed by atoms with van der Waals surface area (Å²) in [6.45, 7) is 2.72. The van der Waals surface area contributed by atoms with E-state index in [2.05, 4.69) is 25.9 Å². The molecule has 0 aliphatic heterocycles. The molecule has 0 saturated heterocycles. The Hall–Kier alpha value is -1.41. The number of fused-ring (bicyclic) bond motifs is 1. The third-order valence-electron chi connectivity index (χ3n) is 3.32. The molecular weight excluding hydrogens is 348 g/mol. The van der Waals surface area contributed by atoms with E-state index < -0.39 is 20.4 Å². The van der Waals surface area contributed by atoms with Gasteiger partial charge < -0.3 is 9.97 Å². The monoisotopic (exact) mass is 360 g/mol. The lowest BCUT2D eigenvalue weighted by atomic mass is 10.00. The van der Waals surface area contributed by atoms with Crippen LogP contribution in [-0.4, -0.2) is 35.2 Å². The van der Waals surface area contributed by atoms with Crippen LogP contribution in [-0.2, 0) is 9.84 Å². The highest BCUT2D eigenvalue weighted by molar-refractivity contribution is 9.10. The van der Waals surface area contributed by atoms with Gasteiger partial charge in [0.2, 0.25) is 0 Å². The summed E-state index contributed by atoms with van der Waals surface area (Å²) in [4.78, 5) is 28.8. The average Bonchev–Trinajstić information content (AvgIpc) is 2.64. The quantitative estimate of drug-likeness (QED) is 0.812. The molecule has 2 N–H and O–H groups in total. The molecule has 8 heteroatoms. The lowest BCUT2D eigenvalue weighted by molar-refractivity contribution is 0.0953. The second-order valence-electron chi connectivity index (χ2n) is 5.07. The molecule has 0 amide bonds. The van der Waals surface area contributed by atoms with Crippen LogP contribution in [0.2, 0.25) is 0 Å². The van der Waals surface area contributed by atoms with Gasteiger partial charge in [0.05, 0.1) is 11.0 Å². The molecule has 0 aliphatic rings. The van der Waals surface area contributed by atoms with Crippen molar-refractivity contribution in [3.63, 3.8) is 0 Å². The first-order valence-corrected chi connectivity index (χ1v) is 8.38. The Balaban J connectivity index is 2.66. The predicted octanol–water partition coefficient (Wildman–Crippen LogP) is 1.62. The van der Waals surface area contributed by atoms with Crippen LogP contribution in [0.3, 0.4) is 0 Å². The number of halogens is 1. The van der Waals surface area contributed by atoms with Crippen molar-refractivity contribution >= 4 is 42.6 Å². The minimum absolute atomic E-state index is 0.211. The molecule has 1 aromatic carbocycles. The highest BCUT2D eigenvalue weighted by Gasteiger charge is 2.39. The van der Waals surface area contributed by atoms with Gasteiger partial charge in [-0.25, -0.2) is 13.2 Å². The summed E-state index contributed by atoms with van der Waals surface area (Å²) in [6, 6.07) is 3.03. The van der Waals surface area contributed by atoms with Gasteiger partial charge in [0.1, 0.15) is 4.75 Å². The van der Waals surface area contributed by atoms with Crippen LogP contribution in [0.4, 0.5) is 0 Å². The van der Waals surface area contributed by atoms with Crippen LogP contribution in [0.1, 0.15) is 24.2 Å². The molecule has 6 nitrogen and oxygen atoms in total. The van der Waals surface area contributed by atoms with E-state index in [0.717, 1.165) is 6.26 Å². The van der Waals surface area contributed by atoms with Crippen molar-refractivity contribution in [2.75, 3.05) is 6.26 Å². The van der Waals surface area contributed by atoms with Gasteiger partial charge in [-0.2, -0.15) is 0 Å². The van der Waals surface area contributed by atoms with Crippen LogP contribution in [0.25, 0.3) is 11.0 Å². The Morgan fingerprint density at radius 1 is 1.20 bits per heavy atom. The molecule has 2 rings (SSSR count). The van der Waals surface area contributed by atoms with E-state index in [1.165, 1.54) is 19.9 Å². The smallest absolute Gasteiger partial charge is 0.306 e. The summed E-state index contributed by atoms with van der Waals surface area (Å²) in [7, 11) is -3.56. The number of aromatic amines is 2. The standard InChI is InChI=1S/C12H13BrN2O4S/c1-12(2,20(3,18)19)10(16)6-4-8-9(5-7(6)13)15-11(17)14-8/h4-5H,1-3H3,(H2,14,15,17). The molecule has 0 bridgehead atoms. The van der Waals surface area contributed by atoms with Crippen LogP contribution in [0, 0.1) is 0 Å². The van der Waals surface area contributed by atoms with Gasteiger partial charge in [-0.1, -0.05) is 0 Å². The van der Waals surface area contributed by atoms with Crippen LogP contribution < -0.4 is 5.69 Å². The van der Waals surface area contributed by atoms with E-state index >= 15 is 0 Å². The summed E-state index contributed by atoms with van der Waals surface area (Å²) < 4.78 is 22.4. The average molecular weight is 361 g/mol. The lowest BCUT2D eigenvalue weighted by Crippen LogP contribution is -2.40. The zero-order valence-corrected chi connectivity index (χ0v) is 13.5.